The number of carbonyl (C=O) groups is 1. The van der Waals surface area contributed by atoms with Gasteiger partial charge >= 0.3 is 0 Å². The highest BCUT2D eigenvalue weighted by molar-refractivity contribution is 5.79. The van der Waals surface area contributed by atoms with Crippen LogP contribution >= 0.6 is 0 Å². The molecule has 2 atom stereocenters. The Hall–Kier alpha value is -0.570. The first-order valence-electron chi connectivity index (χ1n) is 7.24. The van der Waals surface area contributed by atoms with E-state index in [1.807, 2.05) is 0 Å². The van der Waals surface area contributed by atoms with Crippen molar-refractivity contribution < 1.29 is 4.79 Å². The molecule has 1 rings (SSSR count). The standard InChI is InChI=1S/C14H28N2O/c1-3-4-5-6-7-8-9-16-14(17)13-11-15-10-12(13)2/h12-13,15H,3-11H2,1-2H3,(H,16,17). The first-order chi connectivity index (χ1) is 8.25. The lowest BCUT2D eigenvalue weighted by atomic mass is 9.97. The minimum absolute atomic E-state index is 0.190. The van der Waals surface area contributed by atoms with E-state index in [1.165, 1.54) is 32.1 Å². The molecule has 0 spiro atoms. The second-order valence-corrected chi connectivity index (χ2v) is 5.30. The van der Waals surface area contributed by atoms with Crippen molar-refractivity contribution >= 4 is 5.91 Å². The van der Waals surface area contributed by atoms with Gasteiger partial charge in [0.1, 0.15) is 0 Å². The van der Waals surface area contributed by atoms with Gasteiger partial charge in [-0.05, 0) is 18.9 Å². The summed E-state index contributed by atoms with van der Waals surface area (Å²) in [6, 6.07) is 0. The van der Waals surface area contributed by atoms with Crippen molar-refractivity contribution in [3.63, 3.8) is 0 Å². The van der Waals surface area contributed by atoms with E-state index < -0.39 is 0 Å². The van der Waals surface area contributed by atoms with E-state index in [1.54, 1.807) is 0 Å². The van der Waals surface area contributed by atoms with Gasteiger partial charge < -0.3 is 10.6 Å². The molecule has 0 radical (unpaired) electrons. The summed E-state index contributed by atoms with van der Waals surface area (Å²) in [5.41, 5.74) is 0. The minimum atomic E-state index is 0.190. The summed E-state index contributed by atoms with van der Waals surface area (Å²) in [6.45, 7) is 7.07. The molecule has 0 aromatic heterocycles. The number of hydrogen-bond acceptors (Lipinski definition) is 2. The minimum Gasteiger partial charge on any atom is -0.356 e. The van der Waals surface area contributed by atoms with Crippen LogP contribution in [-0.2, 0) is 4.79 Å². The Morgan fingerprint density at radius 3 is 2.53 bits per heavy atom. The van der Waals surface area contributed by atoms with E-state index in [2.05, 4.69) is 24.5 Å². The van der Waals surface area contributed by atoms with Gasteiger partial charge in [0.2, 0.25) is 5.91 Å². The molecule has 0 bridgehead atoms. The van der Waals surface area contributed by atoms with Gasteiger partial charge in [-0.3, -0.25) is 4.79 Å². The number of hydrogen-bond donors (Lipinski definition) is 2. The molecule has 1 heterocycles. The largest absolute Gasteiger partial charge is 0.356 e. The molecule has 3 heteroatoms. The van der Waals surface area contributed by atoms with Gasteiger partial charge in [0.05, 0.1) is 5.92 Å². The second-order valence-electron chi connectivity index (χ2n) is 5.30. The van der Waals surface area contributed by atoms with Crippen LogP contribution in [0.5, 0.6) is 0 Å². The van der Waals surface area contributed by atoms with Crippen LogP contribution in [0.25, 0.3) is 0 Å². The highest BCUT2D eigenvalue weighted by Crippen LogP contribution is 2.15. The van der Waals surface area contributed by atoms with E-state index in [-0.39, 0.29) is 11.8 Å². The Morgan fingerprint density at radius 2 is 1.88 bits per heavy atom. The Morgan fingerprint density at radius 1 is 1.18 bits per heavy atom. The molecule has 100 valence electrons. The Bertz CT molecular complexity index is 218. The number of nitrogens with one attached hydrogen (secondary N) is 2. The molecule has 0 aromatic rings. The van der Waals surface area contributed by atoms with Gasteiger partial charge in [-0.15, -0.1) is 0 Å². The van der Waals surface area contributed by atoms with Crippen molar-refractivity contribution in [2.45, 2.75) is 52.4 Å². The normalized spacial score (nSPS) is 23.9. The van der Waals surface area contributed by atoms with Crippen LogP contribution in [0.4, 0.5) is 0 Å². The van der Waals surface area contributed by atoms with Crippen LogP contribution in [0, 0.1) is 11.8 Å². The molecular formula is C14H28N2O. The van der Waals surface area contributed by atoms with Crippen LogP contribution in [0.1, 0.15) is 52.4 Å². The molecule has 2 N–H and O–H groups in total. The molecule has 1 fully saturated rings. The topological polar surface area (TPSA) is 41.1 Å². The van der Waals surface area contributed by atoms with Gasteiger partial charge in [0.15, 0.2) is 0 Å². The Labute approximate surface area is 106 Å². The van der Waals surface area contributed by atoms with Gasteiger partial charge in [0, 0.05) is 13.1 Å². The van der Waals surface area contributed by atoms with Crippen LogP contribution in [0.3, 0.4) is 0 Å². The zero-order valence-corrected chi connectivity index (χ0v) is 11.4. The monoisotopic (exact) mass is 240 g/mol. The summed E-state index contributed by atoms with van der Waals surface area (Å²) in [6.07, 6.45) is 7.67. The van der Waals surface area contributed by atoms with Gasteiger partial charge in [0.25, 0.3) is 0 Å². The fourth-order valence-electron chi connectivity index (χ4n) is 2.41. The molecule has 1 aliphatic rings. The van der Waals surface area contributed by atoms with E-state index in [4.69, 9.17) is 0 Å². The number of amides is 1. The number of rotatable bonds is 8. The quantitative estimate of drug-likeness (QED) is 0.639. The first kappa shape index (κ1) is 14.5. The molecule has 1 aliphatic heterocycles. The summed E-state index contributed by atoms with van der Waals surface area (Å²) in [5, 5.41) is 6.33. The lowest BCUT2D eigenvalue weighted by Gasteiger charge is -2.13. The molecule has 0 saturated carbocycles. The predicted molar refractivity (Wildman–Crippen MR) is 71.9 cm³/mol. The van der Waals surface area contributed by atoms with Gasteiger partial charge in [-0.25, -0.2) is 0 Å². The molecule has 1 saturated heterocycles. The highest BCUT2D eigenvalue weighted by Gasteiger charge is 2.28. The van der Waals surface area contributed by atoms with Crippen molar-refractivity contribution in [3.05, 3.63) is 0 Å². The summed E-state index contributed by atoms with van der Waals surface area (Å²) < 4.78 is 0. The first-order valence-corrected chi connectivity index (χ1v) is 7.24. The summed E-state index contributed by atoms with van der Waals surface area (Å²) in [7, 11) is 0. The van der Waals surface area contributed by atoms with Crippen LogP contribution in [0.2, 0.25) is 0 Å². The lowest BCUT2D eigenvalue weighted by Crippen LogP contribution is -2.34. The molecule has 0 aliphatic carbocycles. The van der Waals surface area contributed by atoms with Crippen molar-refractivity contribution in [1.29, 1.82) is 0 Å². The Kier molecular flexibility index (Phi) is 7.25. The fourth-order valence-corrected chi connectivity index (χ4v) is 2.41. The van der Waals surface area contributed by atoms with Crippen LogP contribution < -0.4 is 10.6 Å². The van der Waals surface area contributed by atoms with E-state index in [0.29, 0.717) is 5.92 Å². The number of unbranched alkanes of at least 4 members (excludes halogenated alkanes) is 5. The van der Waals surface area contributed by atoms with Crippen molar-refractivity contribution in [2.24, 2.45) is 11.8 Å². The molecule has 2 unspecified atom stereocenters. The smallest absolute Gasteiger partial charge is 0.224 e. The molecule has 17 heavy (non-hydrogen) atoms. The highest BCUT2D eigenvalue weighted by atomic mass is 16.1. The van der Waals surface area contributed by atoms with E-state index in [0.717, 1.165) is 26.1 Å². The summed E-state index contributed by atoms with van der Waals surface area (Å²) >= 11 is 0. The Balaban J connectivity index is 1.97. The van der Waals surface area contributed by atoms with E-state index >= 15 is 0 Å². The third-order valence-electron chi connectivity index (χ3n) is 3.68. The molecule has 3 nitrogen and oxygen atoms in total. The maximum atomic E-state index is 11.8. The maximum Gasteiger partial charge on any atom is 0.224 e. The van der Waals surface area contributed by atoms with Crippen LogP contribution in [-0.4, -0.2) is 25.5 Å². The van der Waals surface area contributed by atoms with E-state index in [9.17, 15) is 4.79 Å². The predicted octanol–water partition coefficient (Wildman–Crippen LogP) is 2.32. The zero-order valence-electron chi connectivity index (χ0n) is 11.4. The molecule has 1 amide bonds. The van der Waals surface area contributed by atoms with Crippen molar-refractivity contribution in [3.8, 4) is 0 Å². The lowest BCUT2D eigenvalue weighted by molar-refractivity contribution is -0.125. The third kappa shape index (κ3) is 5.53. The SMILES string of the molecule is CCCCCCCCNC(=O)C1CNCC1C. The third-order valence-corrected chi connectivity index (χ3v) is 3.68. The van der Waals surface area contributed by atoms with Crippen molar-refractivity contribution in [1.82, 2.24) is 10.6 Å². The summed E-state index contributed by atoms with van der Waals surface area (Å²) in [5.74, 6) is 0.922. The average Bonchev–Trinajstić information content (AvgIpc) is 2.74. The second kappa shape index (κ2) is 8.51. The fraction of sp³-hybridized carbons (Fsp3) is 0.929. The van der Waals surface area contributed by atoms with Crippen LogP contribution in [0.15, 0.2) is 0 Å². The summed E-state index contributed by atoms with van der Waals surface area (Å²) in [4.78, 5) is 11.8. The number of carbonyl (C=O) groups excluding carboxylic acids is 1. The van der Waals surface area contributed by atoms with Crippen molar-refractivity contribution in [2.75, 3.05) is 19.6 Å². The zero-order chi connectivity index (χ0) is 12.5. The molecular weight excluding hydrogens is 212 g/mol. The van der Waals surface area contributed by atoms with Gasteiger partial charge in [-0.1, -0.05) is 46.0 Å². The van der Waals surface area contributed by atoms with Gasteiger partial charge in [-0.2, -0.15) is 0 Å². The molecule has 0 aromatic carbocycles. The maximum absolute atomic E-state index is 11.8. The average molecular weight is 240 g/mol.